The number of aryl methyl sites for hydroxylation is 2. The van der Waals surface area contributed by atoms with Gasteiger partial charge < -0.3 is 14.5 Å². The molecule has 0 spiro atoms. The molecule has 1 aliphatic heterocycles. The standard InChI is InChI=1S/C16H19N3O3/c1-11(20)19-10-13(21)9-14(19)16-17-15(18-22-16)8-7-12-5-3-2-4-6-12/h2-6,13-14,21H,7-10H2,1H3/t13-,14+/m0/s1. The minimum absolute atomic E-state index is 0.0921. The molecule has 116 valence electrons. The van der Waals surface area contributed by atoms with E-state index in [2.05, 4.69) is 22.3 Å². The molecule has 1 N–H and O–H groups in total. The van der Waals surface area contributed by atoms with E-state index in [1.54, 1.807) is 4.90 Å². The molecular formula is C16H19N3O3. The summed E-state index contributed by atoms with van der Waals surface area (Å²) in [5.74, 6) is 0.948. The molecule has 1 aliphatic rings. The van der Waals surface area contributed by atoms with Gasteiger partial charge in [0, 0.05) is 26.3 Å². The quantitative estimate of drug-likeness (QED) is 0.926. The zero-order chi connectivity index (χ0) is 15.5. The van der Waals surface area contributed by atoms with Crippen LogP contribution in [0, 0.1) is 0 Å². The zero-order valence-electron chi connectivity index (χ0n) is 12.5. The predicted molar refractivity (Wildman–Crippen MR) is 78.9 cm³/mol. The van der Waals surface area contributed by atoms with Crippen LogP contribution in [0.25, 0.3) is 0 Å². The molecule has 2 heterocycles. The van der Waals surface area contributed by atoms with Crippen LogP contribution in [0.15, 0.2) is 34.9 Å². The topological polar surface area (TPSA) is 79.5 Å². The monoisotopic (exact) mass is 301 g/mol. The highest BCUT2D eigenvalue weighted by atomic mass is 16.5. The van der Waals surface area contributed by atoms with Crippen molar-refractivity contribution in [2.24, 2.45) is 0 Å². The third-order valence-corrected chi connectivity index (χ3v) is 3.93. The molecule has 2 atom stereocenters. The number of hydrogen-bond acceptors (Lipinski definition) is 5. The van der Waals surface area contributed by atoms with Crippen LogP contribution in [0.2, 0.25) is 0 Å². The van der Waals surface area contributed by atoms with Gasteiger partial charge in [0.25, 0.3) is 0 Å². The molecule has 2 aromatic rings. The summed E-state index contributed by atoms with van der Waals surface area (Å²) in [7, 11) is 0. The van der Waals surface area contributed by atoms with E-state index in [1.807, 2.05) is 18.2 Å². The minimum atomic E-state index is -0.534. The van der Waals surface area contributed by atoms with Gasteiger partial charge in [0.15, 0.2) is 5.82 Å². The second-order valence-electron chi connectivity index (χ2n) is 5.61. The Hall–Kier alpha value is -2.21. The lowest BCUT2D eigenvalue weighted by molar-refractivity contribution is -0.130. The first kappa shape index (κ1) is 14.7. The van der Waals surface area contributed by atoms with E-state index in [0.29, 0.717) is 31.1 Å². The van der Waals surface area contributed by atoms with E-state index in [4.69, 9.17) is 4.52 Å². The van der Waals surface area contributed by atoms with Gasteiger partial charge in [-0.25, -0.2) is 0 Å². The van der Waals surface area contributed by atoms with Crippen molar-refractivity contribution < 1.29 is 14.4 Å². The number of aliphatic hydroxyl groups is 1. The Bertz CT molecular complexity index is 641. The summed E-state index contributed by atoms with van der Waals surface area (Å²) >= 11 is 0. The fourth-order valence-electron chi connectivity index (χ4n) is 2.80. The van der Waals surface area contributed by atoms with E-state index in [0.717, 1.165) is 6.42 Å². The lowest BCUT2D eigenvalue weighted by atomic mass is 10.1. The zero-order valence-corrected chi connectivity index (χ0v) is 12.5. The maximum Gasteiger partial charge on any atom is 0.249 e. The fourth-order valence-corrected chi connectivity index (χ4v) is 2.80. The van der Waals surface area contributed by atoms with Crippen molar-refractivity contribution in [3.63, 3.8) is 0 Å². The molecule has 0 saturated carbocycles. The molecule has 6 heteroatoms. The molecule has 0 unspecified atom stereocenters. The van der Waals surface area contributed by atoms with Gasteiger partial charge in [0.1, 0.15) is 6.04 Å². The van der Waals surface area contributed by atoms with Crippen molar-refractivity contribution in [2.45, 2.75) is 38.3 Å². The van der Waals surface area contributed by atoms with E-state index in [9.17, 15) is 9.90 Å². The maximum absolute atomic E-state index is 11.6. The van der Waals surface area contributed by atoms with Crippen LogP contribution in [0.3, 0.4) is 0 Å². The molecule has 3 rings (SSSR count). The molecule has 0 aliphatic carbocycles. The first-order valence-electron chi connectivity index (χ1n) is 7.45. The second-order valence-corrected chi connectivity index (χ2v) is 5.61. The van der Waals surface area contributed by atoms with Crippen molar-refractivity contribution in [3.8, 4) is 0 Å². The molecule has 1 amide bonds. The summed E-state index contributed by atoms with van der Waals surface area (Å²) in [6, 6.07) is 9.80. The number of amides is 1. The number of hydrogen-bond donors (Lipinski definition) is 1. The number of aliphatic hydroxyl groups excluding tert-OH is 1. The third kappa shape index (κ3) is 3.17. The van der Waals surface area contributed by atoms with Gasteiger partial charge in [-0.2, -0.15) is 4.98 Å². The van der Waals surface area contributed by atoms with E-state index < -0.39 is 6.10 Å². The molecule has 1 saturated heterocycles. The first-order valence-corrected chi connectivity index (χ1v) is 7.45. The van der Waals surface area contributed by atoms with Crippen LogP contribution < -0.4 is 0 Å². The van der Waals surface area contributed by atoms with Crippen molar-refractivity contribution in [2.75, 3.05) is 6.54 Å². The van der Waals surface area contributed by atoms with Gasteiger partial charge in [-0.3, -0.25) is 4.79 Å². The Balaban J connectivity index is 1.67. The van der Waals surface area contributed by atoms with Gasteiger partial charge in [-0.05, 0) is 12.0 Å². The number of rotatable bonds is 4. The summed E-state index contributed by atoms with van der Waals surface area (Å²) < 4.78 is 5.30. The smallest absolute Gasteiger partial charge is 0.249 e. The Morgan fingerprint density at radius 1 is 1.36 bits per heavy atom. The number of β-amino-alcohol motifs (C(OH)–C–C–N with tert-alkyl or cyclic N) is 1. The SMILES string of the molecule is CC(=O)N1C[C@@H](O)C[C@@H]1c1nc(CCc2ccccc2)no1. The van der Waals surface area contributed by atoms with Crippen LogP contribution in [0.5, 0.6) is 0 Å². The highest BCUT2D eigenvalue weighted by Crippen LogP contribution is 2.31. The maximum atomic E-state index is 11.6. The Kier molecular flexibility index (Phi) is 4.20. The molecule has 1 aromatic carbocycles. The van der Waals surface area contributed by atoms with Gasteiger partial charge in [0.05, 0.1) is 6.10 Å². The largest absolute Gasteiger partial charge is 0.391 e. The van der Waals surface area contributed by atoms with Crippen molar-refractivity contribution in [1.82, 2.24) is 15.0 Å². The van der Waals surface area contributed by atoms with Crippen molar-refractivity contribution in [1.29, 1.82) is 0 Å². The third-order valence-electron chi connectivity index (χ3n) is 3.93. The molecule has 1 aromatic heterocycles. The molecular weight excluding hydrogens is 282 g/mol. The molecule has 6 nitrogen and oxygen atoms in total. The normalized spacial score (nSPS) is 21.3. The number of aromatic nitrogens is 2. The molecule has 1 fully saturated rings. The summed E-state index contributed by atoms with van der Waals surface area (Å²) in [6.07, 6.45) is 1.43. The van der Waals surface area contributed by atoms with E-state index in [-0.39, 0.29) is 11.9 Å². The van der Waals surface area contributed by atoms with Crippen LogP contribution in [-0.2, 0) is 17.6 Å². The molecule has 0 bridgehead atoms. The van der Waals surface area contributed by atoms with Gasteiger partial charge in [-0.15, -0.1) is 0 Å². The van der Waals surface area contributed by atoms with Crippen LogP contribution in [0.1, 0.15) is 36.7 Å². The van der Waals surface area contributed by atoms with Gasteiger partial charge >= 0.3 is 0 Å². The average molecular weight is 301 g/mol. The lowest BCUT2D eigenvalue weighted by Gasteiger charge is -2.19. The molecule has 0 radical (unpaired) electrons. The van der Waals surface area contributed by atoms with Crippen molar-refractivity contribution >= 4 is 5.91 Å². The lowest BCUT2D eigenvalue weighted by Crippen LogP contribution is -2.29. The summed E-state index contributed by atoms with van der Waals surface area (Å²) in [4.78, 5) is 17.6. The fraction of sp³-hybridized carbons (Fsp3) is 0.438. The summed E-state index contributed by atoms with van der Waals surface area (Å²) in [5.41, 5.74) is 1.22. The Morgan fingerprint density at radius 3 is 2.86 bits per heavy atom. The number of carbonyl (C=O) groups excluding carboxylic acids is 1. The number of carbonyl (C=O) groups is 1. The minimum Gasteiger partial charge on any atom is -0.391 e. The summed E-state index contributed by atoms with van der Waals surface area (Å²) in [5, 5.41) is 13.7. The van der Waals surface area contributed by atoms with Crippen LogP contribution >= 0.6 is 0 Å². The van der Waals surface area contributed by atoms with Gasteiger partial charge in [0.2, 0.25) is 11.8 Å². The highest BCUT2D eigenvalue weighted by Gasteiger charge is 2.37. The van der Waals surface area contributed by atoms with E-state index >= 15 is 0 Å². The second kappa shape index (κ2) is 6.27. The highest BCUT2D eigenvalue weighted by molar-refractivity contribution is 5.74. The van der Waals surface area contributed by atoms with E-state index in [1.165, 1.54) is 12.5 Å². The number of nitrogens with zero attached hydrogens (tertiary/aromatic N) is 3. The summed E-state index contributed by atoms with van der Waals surface area (Å²) in [6.45, 7) is 1.81. The number of likely N-dealkylation sites (tertiary alicyclic amines) is 1. The Labute approximate surface area is 128 Å². The van der Waals surface area contributed by atoms with Crippen LogP contribution in [-0.4, -0.2) is 38.7 Å². The number of benzene rings is 1. The van der Waals surface area contributed by atoms with Gasteiger partial charge in [-0.1, -0.05) is 35.5 Å². The molecule has 22 heavy (non-hydrogen) atoms. The Morgan fingerprint density at radius 2 is 2.14 bits per heavy atom. The predicted octanol–water partition coefficient (Wildman–Crippen LogP) is 1.51. The van der Waals surface area contributed by atoms with Crippen molar-refractivity contribution in [3.05, 3.63) is 47.6 Å². The first-order chi connectivity index (χ1) is 10.6. The average Bonchev–Trinajstić information content (AvgIpc) is 3.12. The van der Waals surface area contributed by atoms with Crippen LogP contribution in [0.4, 0.5) is 0 Å².